The van der Waals surface area contributed by atoms with Crippen molar-refractivity contribution in [2.45, 2.75) is 44.7 Å². The number of carbonyl (C=O) groups is 1. The molecule has 122 valence electrons. The lowest BCUT2D eigenvalue weighted by Gasteiger charge is -2.34. The number of carboxylic acid groups (broad SMARTS) is 1. The van der Waals surface area contributed by atoms with Gasteiger partial charge in [0.2, 0.25) is 0 Å². The van der Waals surface area contributed by atoms with Crippen molar-refractivity contribution in [2.75, 3.05) is 26.2 Å². The topological polar surface area (TPSA) is 56.9 Å². The maximum atomic E-state index is 11.6. The Balaban J connectivity index is 1.65. The van der Waals surface area contributed by atoms with Crippen molar-refractivity contribution in [2.24, 2.45) is 5.92 Å². The van der Waals surface area contributed by atoms with Crippen LogP contribution in [0.2, 0.25) is 0 Å². The monoisotopic (exact) mass is 306 g/mol. The predicted molar refractivity (Wildman–Crippen MR) is 83.6 cm³/mol. The first kappa shape index (κ1) is 15.6. The third kappa shape index (κ3) is 3.90. The fraction of sp³-hybridized carbons (Fsp3) is 0.706. The Morgan fingerprint density at radius 1 is 1.23 bits per heavy atom. The molecule has 1 aliphatic carbocycles. The summed E-state index contributed by atoms with van der Waals surface area (Å²) in [7, 11) is 0. The van der Waals surface area contributed by atoms with Crippen LogP contribution in [-0.4, -0.2) is 53.1 Å². The lowest BCUT2D eigenvalue weighted by atomic mass is 9.93. The maximum Gasteiger partial charge on any atom is 0.309 e. The van der Waals surface area contributed by atoms with E-state index in [0.29, 0.717) is 25.7 Å². The molecule has 22 heavy (non-hydrogen) atoms. The highest BCUT2D eigenvalue weighted by Gasteiger charge is 2.31. The summed E-state index contributed by atoms with van der Waals surface area (Å²) < 4.78 is 5.41. The predicted octanol–water partition coefficient (Wildman–Crippen LogP) is 2.43. The minimum atomic E-state index is -0.674. The van der Waals surface area contributed by atoms with Gasteiger partial charge in [-0.05, 0) is 25.0 Å². The normalized spacial score (nSPS) is 25.9. The molecular weight excluding hydrogens is 280 g/mol. The maximum absolute atomic E-state index is 11.6. The molecule has 2 heterocycles. The van der Waals surface area contributed by atoms with Crippen molar-refractivity contribution < 1.29 is 14.3 Å². The fourth-order valence-electron chi connectivity index (χ4n) is 3.81. The van der Waals surface area contributed by atoms with Gasteiger partial charge in [-0.3, -0.25) is 14.6 Å². The van der Waals surface area contributed by atoms with E-state index in [2.05, 4.69) is 9.80 Å². The van der Waals surface area contributed by atoms with E-state index >= 15 is 0 Å². The minimum Gasteiger partial charge on any atom is -0.481 e. The number of hydrogen-bond donors (Lipinski definition) is 1. The zero-order valence-electron chi connectivity index (χ0n) is 13.1. The number of rotatable bonds is 4. The fourth-order valence-corrected chi connectivity index (χ4v) is 3.81. The van der Waals surface area contributed by atoms with Crippen LogP contribution >= 0.6 is 0 Å². The second kappa shape index (κ2) is 7.29. The Bertz CT molecular complexity index is 468. The summed E-state index contributed by atoms with van der Waals surface area (Å²) in [6, 6.07) is 4.43. The van der Waals surface area contributed by atoms with Crippen LogP contribution in [0.25, 0.3) is 0 Å². The van der Waals surface area contributed by atoms with Gasteiger partial charge in [-0.25, -0.2) is 0 Å². The van der Waals surface area contributed by atoms with Crippen molar-refractivity contribution in [1.29, 1.82) is 0 Å². The molecule has 0 radical (unpaired) electrons. The zero-order valence-corrected chi connectivity index (χ0v) is 13.1. The molecule has 1 aromatic rings. The summed E-state index contributed by atoms with van der Waals surface area (Å²) in [5.41, 5.74) is 0. The number of carboxylic acids is 1. The van der Waals surface area contributed by atoms with Crippen LogP contribution in [-0.2, 0) is 11.3 Å². The SMILES string of the molecule is O=C(O)[C@@H]1CN(Cc2ccco2)CCN(C2CCCCC2)C1. The van der Waals surface area contributed by atoms with Crippen molar-refractivity contribution in [3.05, 3.63) is 24.2 Å². The van der Waals surface area contributed by atoms with E-state index in [0.717, 1.165) is 18.8 Å². The third-order valence-electron chi connectivity index (χ3n) is 5.04. The van der Waals surface area contributed by atoms with Gasteiger partial charge in [0.25, 0.3) is 0 Å². The van der Waals surface area contributed by atoms with Gasteiger partial charge >= 0.3 is 5.97 Å². The highest BCUT2D eigenvalue weighted by Crippen LogP contribution is 2.25. The average Bonchev–Trinajstić information content (AvgIpc) is 2.93. The molecule has 0 amide bonds. The van der Waals surface area contributed by atoms with Gasteiger partial charge in [-0.1, -0.05) is 19.3 Å². The first-order chi connectivity index (χ1) is 10.7. The van der Waals surface area contributed by atoms with Gasteiger partial charge < -0.3 is 9.52 Å². The molecule has 0 spiro atoms. The van der Waals surface area contributed by atoms with Gasteiger partial charge in [0.15, 0.2) is 0 Å². The van der Waals surface area contributed by atoms with Crippen LogP contribution in [0.3, 0.4) is 0 Å². The molecular formula is C17H26N2O3. The lowest BCUT2D eigenvalue weighted by molar-refractivity contribution is -0.142. The van der Waals surface area contributed by atoms with E-state index in [1.54, 1.807) is 6.26 Å². The van der Waals surface area contributed by atoms with Gasteiger partial charge in [-0.2, -0.15) is 0 Å². The molecule has 1 saturated heterocycles. The van der Waals surface area contributed by atoms with Gasteiger partial charge in [0, 0.05) is 32.2 Å². The quantitative estimate of drug-likeness (QED) is 0.926. The molecule has 1 aromatic heterocycles. The van der Waals surface area contributed by atoms with E-state index in [1.165, 1.54) is 32.1 Å². The molecule has 0 unspecified atom stereocenters. The molecule has 0 bridgehead atoms. The molecule has 2 fully saturated rings. The lowest BCUT2D eigenvalue weighted by Crippen LogP contribution is -2.41. The van der Waals surface area contributed by atoms with Crippen molar-refractivity contribution in [3.63, 3.8) is 0 Å². The summed E-state index contributed by atoms with van der Waals surface area (Å²) in [5, 5.41) is 9.55. The minimum absolute atomic E-state index is 0.306. The Morgan fingerprint density at radius 3 is 2.73 bits per heavy atom. The smallest absolute Gasteiger partial charge is 0.309 e. The van der Waals surface area contributed by atoms with Crippen LogP contribution in [0, 0.1) is 5.92 Å². The standard InChI is InChI=1S/C17H26N2O3/c20-17(21)14-11-18(13-16-7-4-10-22-16)8-9-19(12-14)15-5-2-1-3-6-15/h4,7,10,14-15H,1-3,5-6,8-9,11-13H2,(H,20,21)/t14-/m1/s1. The third-order valence-corrected chi connectivity index (χ3v) is 5.04. The second-order valence-corrected chi connectivity index (χ2v) is 6.64. The highest BCUT2D eigenvalue weighted by molar-refractivity contribution is 5.70. The zero-order chi connectivity index (χ0) is 15.4. The van der Waals surface area contributed by atoms with E-state index < -0.39 is 5.97 Å². The van der Waals surface area contributed by atoms with Gasteiger partial charge in [0.05, 0.1) is 18.7 Å². The Morgan fingerprint density at radius 2 is 2.05 bits per heavy atom. The van der Waals surface area contributed by atoms with Gasteiger partial charge in [-0.15, -0.1) is 0 Å². The molecule has 2 aliphatic rings. The van der Waals surface area contributed by atoms with Crippen LogP contribution < -0.4 is 0 Å². The van der Waals surface area contributed by atoms with Crippen molar-refractivity contribution in [3.8, 4) is 0 Å². The summed E-state index contributed by atoms with van der Waals surface area (Å²) >= 11 is 0. The van der Waals surface area contributed by atoms with E-state index in [9.17, 15) is 9.90 Å². The number of nitrogens with zero attached hydrogens (tertiary/aromatic N) is 2. The largest absolute Gasteiger partial charge is 0.481 e. The molecule has 5 nitrogen and oxygen atoms in total. The van der Waals surface area contributed by atoms with Crippen LogP contribution in [0.1, 0.15) is 37.9 Å². The van der Waals surface area contributed by atoms with Crippen molar-refractivity contribution >= 4 is 5.97 Å². The molecule has 5 heteroatoms. The van der Waals surface area contributed by atoms with Crippen molar-refractivity contribution in [1.82, 2.24) is 9.80 Å². The summed E-state index contributed by atoms with van der Waals surface area (Å²) in [6.45, 7) is 3.89. The summed E-state index contributed by atoms with van der Waals surface area (Å²) in [5.74, 6) is -0.0678. The molecule has 1 N–H and O–H groups in total. The number of furan rings is 1. The summed E-state index contributed by atoms with van der Waals surface area (Å²) in [4.78, 5) is 16.3. The first-order valence-corrected chi connectivity index (χ1v) is 8.44. The van der Waals surface area contributed by atoms with E-state index in [1.807, 2.05) is 12.1 Å². The summed E-state index contributed by atoms with van der Waals surface area (Å²) in [6.07, 6.45) is 8.03. The molecule has 1 atom stereocenters. The molecule has 1 saturated carbocycles. The molecule has 1 aliphatic heterocycles. The Hall–Kier alpha value is -1.33. The van der Waals surface area contributed by atoms with Gasteiger partial charge in [0.1, 0.15) is 5.76 Å². The van der Waals surface area contributed by atoms with Crippen LogP contribution in [0.4, 0.5) is 0 Å². The van der Waals surface area contributed by atoms with E-state index in [4.69, 9.17) is 4.42 Å². The Kier molecular flexibility index (Phi) is 5.16. The van der Waals surface area contributed by atoms with Crippen LogP contribution in [0.15, 0.2) is 22.8 Å². The molecule has 0 aromatic carbocycles. The number of aliphatic carboxylic acids is 1. The number of hydrogen-bond acceptors (Lipinski definition) is 4. The average molecular weight is 306 g/mol. The van der Waals surface area contributed by atoms with E-state index in [-0.39, 0.29) is 5.92 Å². The van der Waals surface area contributed by atoms with Crippen LogP contribution in [0.5, 0.6) is 0 Å². The highest BCUT2D eigenvalue weighted by atomic mass is 16.4. The second-order valence-electron chi connectivity index (χ2n) is 6.64. The first-order valence-electron chi connectivity index (χ1n) is 8.44. The Labute approximate surface area is 131 Å². The molecule has 3 rings (SSSR count).